The van der Waals surface area contributed by atoms with Crippen molar-refractivity contribution in [3.05, 3.63) is 46.2 Å². The molecule has 29 heavy (non-hydrogen) atoms. The van der Waals surface area contributed by atoms with Gasteiger partial charge in [0.25, 0.3) is 5.91 Å². The van der Waals surface area contributed by atoms with E-state index in [-0.39, 0.29) is 23.7 Å². The number of amides is 2. The number of carbonyl (C=O) groups is 2. The van der Waals surface area contributed by atoms with Gasteiger partial charge in [-0.2, -0.15) is 0 Å². The number of hydrogen-bond acceptors (Lipinski definition) is 5. The van der Waals surface area contributed by atoms with Gasteiger partial charge in [-0.1, -0.05) is 19.9 Å². The van der Waals surface area contributed by atoms with Crippen LogP contribution in [0.4, 0.5) is 0 Å². The summed E-state index contributed by atoms with van der Waals surface area (Å²) in [4.78, 5) is 28.4. The van der Waals surface area contributed by atoms with Gasteiger partial charge in [-0.25, -0.2) is 0 Å². The molecular formula is C22H28N2O4S. The second-order valence-electron chi connectivity index (χ2n) is 7.65. The molecule has 7 heteroatoms. The first-order valence-corrected chi connectivity index (χ1v) is 10.6. The van der Waals surface area contributed by atoms with Crippen LogP contribution in [0.3, 0.4) is 0 Å². The minimum atomic E-state index is -0.348. The molecule has 1 N–H and O–H groups in total. The molecule has 1 fully saturated rings. The van der Waals surface area contributed by atoms with Crippen LogP contribution < -0.4 is 14.8 Å². The molecule has 2 unspecified atom stereocenters. The number of likely N-dealkylation sites (tertiary alicyclic amines) is 1. The van der Waals surface area contributed by atoms with Gasteiger partial charge in [0.15, 0.2) is 0 Å². The first-order chi connectivity index (χ1) is 13.9. The van der Waals surface area contributed by atoms with E-state index in [1.165, 1.54) is 11.3 Å². The van der Waals surface area contributed by atoms with Crippen molar-refractivity contribution in [1.82, 2.24) is 10.2 Å². The molecule has 0 bridgehead atoms. The summed E-state index contributed by atoms with van der Waals surface area (Å²) in [5.74, 6) is 1.16. The van der Waals surface area contributed by atoms with Gasteiger partial charge in [-0.15, -0.1) is 11.3 Å². The molecule has 1 saturated heterocycles. The Morgan fingerprint density at radius 1 is 1.21 bits per heavy atom. The molecule has 1 aromatic heterocycles. The second kappa shape index (κ2) is 9.31. The fraction of sp³-hybridized carbons (Fsp3) is 0.455. The Balaban J connectivity index is 1.92. The van der Waals surface area contributed by atoms with Crippen molar-refractivity contribution in [2.75, 3.05) is 33.9 Å². The van der Waals surface area contributed by atoms with Gasteiger partial charge in [-0.05, 0) is 35.6 Å². The van der Waals surface area contributed by atoms with Gasteiger partial charge in [0.05, 0.1) is 25.0 Å². The van der Waals surface area contributed by atoms with Crippen LogP contribution in [0.2, 0.25) is 0 Å². The Bertz CT molecular complexity index is 851. The van der Waals surface area contributed by atoms with Crippen LogP contribution in [0.25, 0.3) is 0 Å². The van der Waals surface area contributed by atoms with Gasteiger partial charge in [-0.3, -0.25) is 9.59 Å². The molecule has 2 aromatic rings. The molecule has 0 saturated carbocycles. The molecule has 2 amide bonds. The quantitative estimate of drug-likeness (QED) is 0.751. The predicted octanol–water partition coefficient (Wildman–Crippen LogP) is 3.39. The number of hydrogen-bond donors (Lipinski definition) is 1. The zero-order valence-corrected chi connectivity index (χ0v) is 18.1. The van der Waals surface area contributed by atoms with Gasteiger partial charge in [0, 0.05) is 31.1 Å². The lowest BCUT2D eigenvalue weighted by atomic mass is 9.87. The number of nitrogens with one attached hydrogen (secondary N) is 1. The third kappa shape index (κ3) is 4.72. The van der Waals surface area contributed by atoms with Gasteiger partial charge in [0.1, 0.15) is 11.5 Å². The summed E-state index contributed by atoms with van der Waals surface area (Å²) >= 11 is 1.42. The summed E-state index contributed by atoms with van der Waals surface area (Å²) in [6.45, 7) is 5.57. The van der Waals surface area contributed by atoms with E-state index in [0.29, 0.717) is 41.9 Å². The van der Waals surface area contributed by atoms with E-state index in [4.69, 9.17) is 9.47 Å². The number of ether oxygens (including phenoxy) is 2. The van der Waals surface area contributed by atoms with Crippen LogP contribution in [0, 0.1) is 11.8 Å². The topological polar surface area (TPSA) is 67.9 Å². The molecular weight excluding hydrogens is 388 g/mol. The second-order valence-corrected chi connectivity index (χ2v) is 8.59. The van der Waals surface area contributed by atoms with Crippen molar-refractivity contribution in [2.24, 2.45) is 11.8 Å². The van der Waals surface area contributed by atoms with Gasteiger partial charge < -0.3 is 19.7 Å². The summed E-state index contributed by atoms with van der Waals surface area (Å²) < 4.78 is 10.9. The Morgan fingerprint density at radius 3 is 2.62 bits per heavy atom. The van der Waals surface area contributed by atoms with Crippen LogP contribution in [-0.2, 0) is 4.79 Å². The highest BCUT2D eigenvalue weighted by Gasteiger charge is 2.42. The van der Waals surface area contributed by atoms with E-state index in [1.807, 2.05) is 35.7 Å². The van der Waals surface area contributed by atoms with Crippen LogP contribution in [-0.4, -0.2) is 50.6 Å². The monoisotopic (exact) mass is 416 g/mol. The van der Waals surface area contributed by atoms with Crippen LogP contribution in [0.15, 0.2) is 35.7 Å². The summed E-state index contributed by atoms with van der Waals surface area (Å²) in [6, 6.07) is 9.27. The van der Waals surface area contributed by atoms with Gasteiger partial charge >= 0.3 is 0 Å². The highest BCUT2D eigenvalue weighted by atomic mass is 32.1. The number of methoxy groups -OCH3 is 2. The van der Waals surface area contributed by atoms with Crippen molar-refractivity contribution in [1.29, 1.82) is 0 Å². The van der Waals surface area contributed by atoms with E-state index in [1.54, 1.807) is 19.1 Å². The molecule has 1 aliphatic heterocycles. The average Bonchev–Trinajstić information content (AvgIpc) is 3.41. The van der Waals surface area contributed by atoms with Crippen LogP contribution in [0.1, 0.15) is 35.0 Å². The highest BCUT2D eigenvalue weighted by molar-refractivity contribution is 7.12. The van der Waals surface area contributed by atoms with Crippen molar-refractivity contribution in [3.63, 3.8) is 0 Å². The summed E-state index contributed by atoms with van der Waals surface area (Å²) in [6.07, 6.45) is 0. The summed E-state index contributed by atoms with van der Waals surface area (Å²) in [5, 5.41) is 4.93. The third-order valence-corrected chi connectivity index (χ3v) is 6.05. The first kappa shape index (κ1) is 21.2. The molecule has 1 aliphatic rings. The lowest BCUT2D eigenvalue weighted by Gasteiger charge is -2.21. The maximum Gasteiger partial charge on any atom is 0.263 e. The minimum Gasteiger partial charge on any atom is -0.497 e. The number of benzene rings is 1. The van der Waals surface area contributed by atoms with Crippen molar-refractivity contribution >= 4 is 23.2 Å². The number of rotatable bonds is 7. The molecule has 2 atom stereocenters. The van der Waals surface area contributed by atoms with E-state index < -0.39 is 0 Å². The van der Waals surface area contributed by atoms with Crippen LogP contribution in [0.5, 0.6) is 11.5 Å². The van der Waals surface area contributed by atoms with Gasteiger partial charge in [0.2, 0.25) is 5.91 Å². The lowest BCUT2D eigenvalue weighted by Crippen LogP contribution is -2.37. The standard InChI is InChI=1S/C22H28N2O4S/c1-14(2)11-23-21(25)18-13-24(22(26)20-6-5-9-29-20)12-17(18)16-10-15(27-3)7-8-19(16)28-4/h5-10,14,17-18H,11-13H2,1-4H3,(H,23,25). The fourth-order valence-corrected chi connectivity index (χ4v) is 4.36. The maximum absolute atomic E-state index is 13.0. The number of carbonyl (C=O) groups excluding carboxylic acids is 2. The van der Waals surface area contributed by atoms with E-state index >= 15 is 0 Å². The lowest BCUT2D eigenvalue weighted by molar-refractivity contribution is -0.125. The summed E-state index contributed by atoms with van der Waals surface area (Å²) in [5.41, 5.74) is 0.887. The molecule has 0 spiro atoms. The van der Waals surface area contributed by atoms with Crippen molar-refractivity contribution in [3.8, 4) is 11.5 Å². The van der Waals surface area contributed by atoms with Crippen molar-refractivity contribution < 1.29 is 19.1 Å². The molecule has 2 heterocycles. The van der Waals surface area contributed by atoms with E-state index in [0.717, 1.165) is 5.56 Å². The Kier molecular flexibility index (Phi) is 6.79. The SMILES string of the molecule is COc1ccc(OC)c(C2CN(C(=O)c3cccs3)CC2C(=O)NCC(C)C)c1. The molecule has 6 nitrogen and oxygen atoms in total. The highest BCUT2D eigenvalue weighted by Crippen LogP contribution is 2.40. The Labute approximate surface area is 175 Å². The normalized spacial score (nSPS) is 18.7. The molecule has 0 radical (unpaired) electrons. The van der Waals surface area contributed by atoms with Crippen molar-refractivity contribution in [2.45, 2.75) is 19.8 Å². The Morgan fingerprint density at radius 2 is 2.00 bits per heavy atom. The smallest absolute Gasteiger partial charge is 0.263 e. The zero-order chi connectivity index (χ0) is 21.0. The molecule has 3 rings (SSSR count). The van der Waals surface area contributed by atoms with Crippen LogP contribution >= 0.6 is 11.3 Å². The first-order valence-electron chi connectivity index (χ1n) is 9.77. The number of thiophene rings is 1. The molecule has 1 aromatic carbocycles. The largest absolute Gasteiger partial charge is 0.497 e. The van der Waals surface area contributed by atoms with E-state index in [2.05, 4.69) is 19.2 Å². The van der Waals surface area contributed by atoms with E-state index in [9.17, 15) is 9.59 Å². The number of nitrogens with zero attached hydrogens (tertiary/aromatic N) is 1. The molecule has 156 valence electrons. The fourth-order valence-electron chi connectivity index (χ4n) is 3.67. The average molecular weight is 417 g/mol. The minimum absolute atomic E-state index is 0.0324. The Hall–Kier alpha value is -2.54. The summed E-state index contributed by atoms with van der Waals surface area (Å²) in [7, 11) is 3.22. The third-order valence-electron chi connectivity index (χ3n) is 5.20. The zero-order valence-electron chi connectivity index (χ0n) is 17.3. The predicted molar refractivity (Wildman–Crippen MR) is 114 cm³/mol. The maximum atomic E-state index is 13.0. The molecule has 0 aliphatic carbocycles.